The molecule has 0 spiro atoms. The Bertz CT molecular complexity index is 3470. The Morgan fingerprint density at radius 2 is 0.700 bits per heavy atom. The summed E-state index contributed by atoms with van der Waals surface area (Å²) in [6.07, 6.45) is -64.7. The third-order valence-electron chi connectivity index (χ3n) is 12.2. The molecule has 5 rings (SSSR count). The summed E-state index contributed by atoms with van der Waals surface area (Å²) in [5.41, 5.74) is 0. The van der Waals surface area contributed by atoms with E-state index in [9.17, 15) is 150 Å². The van der Waals surface area contributed by atoms with Crippen LogP contribution in [-0.2, 0) is 156 Å². The molecule has 528 valence electrons. The highest BCUT2D eigenvalue weighted by molar-refractivity contribution is 7.84. The van der Waals surface area contributed by atoms with Crippen molar-refractivity contribution >= 4 is 94.8 Å². The van der Waals surface area contributed by atoms with Crippen molar-refractivity contribution in [2.75, 3.05) is 19.8 Å². The zero-order chi connectivity index (χ0) is 68.7. The number of rotatable bonds is 29. The number of hydrogen-bond acceptors (Lipinski definition) is 39. The average Bonchev–Trinajstić information content (AvgIpc) is 0.774. The Labute approximate surface area is 502 Å². The van der Waals surface area contributed by atoms with Gasteiger partial charge in [-0.25, -0.2) is 30.5 Å². The minimum atomic E-state index is -6.36. The van der Waals surface area contributed by atoms with Crippen LogP contribution >= 0.6 is 0 Å². The van der Waals surface area contributed by atoms with Crippen molar-refractivity contribution in [1.29, 1.82) is 0 Å². The van der Waals surface area contributed by atoms with Crippen molar-refractivity contribution < 1.29 is 223 Å². The molecule has 52 nitrogen and oxygen atoms in total. The Hall–Kier alpha value is -2.74. The zero-order valence-electron chi connectivity index (χ0n) is 43.0. The van der Waals surface area contributed by atoms with Crippen LogP contribution in [0, 0.1) is 0 Å². The molecule has 5 heterocycles. The number of carbonyl (C=O) groups is 2. The van der Waals surface area contributed by atoms with Gasteiger partial charge in [0.2, 0.25) is 0 Å². The van der Waals surface area contributed by atoms with Crippen molar-refractivity contribution in [1.82, 2.24) is 14.2 Å². The van der Waals surface area contributed by atoms with E-state index in [0.29, 0.717) is 0 Å². The van der Waals surface area contributed by atoms with Gasteiger partial charge >= 0.3 is 94.8 Å². The minimum absolute atomic E-state index is 1.09. The molecule has 0 aromatic heterocycles. The summed E-state index contributed by atoms with van der Waals surface area (Å²) >= 11 is 0. The number of nitrogens with one attached hydrogen (secondary N) is 3. The van der Waals surface area contributed by atoms with Crippen molar-refractivity contribution in [3.63, 3.8) is 0 Å². The lowest BCUT2D eigenvalue weighted by molar-refractivity contribution is -0.372. The molecule has 0 radical (unpaired) electrons. The summed E-state index contributed by atoms with van der Waals surface area (Å²) in [5.74, 6) is -4.94. The molecule has 0 unspecified atom stereocenters. The molecular weight excluding hydrogens is 1440 g/mol. The summed E-state index contributed by atoms with van der Waals surface area (Å²) in [7, 11) is -46.7. The lowest BCUT2D eigenvalue weighted by Gasteiger charge is -2.50. The van der Waals surface area contributed by atoms with Crippen molar-refractivity contribution in [3.8, 4) is 0 Å². The van der Waals surface area contributed by atoms with Crippen LogP contribution in [0.4, 0.5) is 0 Å². The van der Waals surface area contributed by atoms with E-state index in [0.717, 1.165) is 4.72 Å². The lowest BCUT2D eigenvalue weighted by Crippen LogP contribution is -2.71. The molecule has 0 saturated carbocycles. The van der Waals surface area contributed by atoms with Crippen LogP contribution in [0.3, 0.4) is 0 Å². The first-order valence-electron chi connectivity index (χ1n) is 23.2. The van der Waals surface area contributed by atoms with Gasteiger partial charge in [0.25, 0.3) is 0 Å². The molecule has 0 aromatic rings. The first-order valence-corrected chi connectivity index (χ1v) is 34.3. The van der Waals surface area contributed by atoms with Gasteiger partial charge in [-0.05, 0) is 0 Å². The second-order valence-electron chi connectivity index (χ2n) is 18.5. The molecule has 5 aliphatic heterocycles. The van der Waals surface area contributed by atoms with E-state index in [1.54, 1.807) is 0 Å². The molecule has 5 saturated heterocycles. The van der Waals surface area contributed by atoms with Crippen LogP contribution < -0.4 is 14.2 Å². The molecule has 0 aromatic carbocycles. The maximum atomic E-state index is 12.9. The number of hydrogen-bond donors (Lipinski definition) is 20. The van der Waals surface area contributed by atoms with E-state index in [-0.39, 0.29) is 0 Å². The fourth-order valence-corrected chi connectivity index (χ4v) is 12.5. The predicted octanol–water partition coefficient (Wildman–Crippen LogP) is -14.4. The molecular formula is C30H51N3O49S8. The quantitative estimate of drug-likeness (QED) is 0.0309. The van der Waals surface area contributed by atoms with E-state index in [1.807, 2.05) is 0 Å². The van der Waals surface area contributed by atoms with Gasteiger partial charge in [-0.2, -0.15) is 81.5 Å². The van der Waals surface area contributed by atoms with Crippen LogP contribution in [-0.4, -0.2) is 335 Å². The summed E-state index contributed by atoms with van der Waals surface area (Å²) in [4.78, 5) is 25.7. The van der Waals surface area contributed by atoms with Gasteiger partial charge in [0, 0.05) is 0 Å². The third-order valence-corrected chi connectivity index (χ3v) is 16.2. The number of aliphatic hydroxyl groups is 7. The van der Waals surface area contributed by atoms with E-state index < -0.39 is 268 Å². The van der Waals surface area contributed by atoms with Gasteiger partial charge in [0.1, 0.15) is 104 Å². The van der Waals surface area contributed by atoms with Gasteiger partial charge < -0.3 is 88.6 Å². The monoisotopic (exact) mass is 1490 g/mol. The van der Waals surface area contributed by atoms with Crippen LogP contribution in [0.5, 0.6) is 0 Å². The average molecular weight is 1490 g/mol. The van der Waals surface area contributed by atoms with Crippen LogP contribution in [0.1, 0.15) is 0 Å². The second-order valence-corrected chi connectivity index (χ2v) is 27.4. The van der Waals surface area contributed by atoms with Crippen molar-refractivity contribution in [2.24, 2.45) is 0 Å². The van der Waals surface area contributed by atoms with Crippen molar-refractivity contribution in [2.45, 2.75) is 153 Å². The fourth-order valence-electron chi connectivity index (χ4n) is 8.80. The van der Waals surface area contributed by atoms with Crippen LogP contribution in [0.2, 0.25) is 0 Å². The number of aliphatic hydroxyl groups excluding tert-OH is 7. The number of carboxylic acid groups (broad SMARTS) is 2. The van der Waals surface area contributed by atoms with Gasteiger partial charge in [0.15, 0.2) is 49.8 Å². The van der Waals surface area contributed by atoms with E-state index >= 15 is 0 Å². The summed E-state index contributed by atoms with van der Waals surface area (Å²) in [5, 5.41) is 97.8. The van der Waals surface area contributed by atoms with Crippen LogP contribution in [0.25, 0.3) is 0 Å². The summed E-state index contributed by atoms with van der Waals surface area (Å²) in [6, 6.07) is -8.42. The smallest absolute Gasteiger partial charge is 0.397 e. The second kappa shape index (κ2) is 29.3. The normalized spacial score (nSPS) is 38.9. The maximum Gasteiger partial charge on any atom is 0.397 e. The zero-order valence-corrected chi connectivity index (χ0v) is 49.5. The Balaban J connectivity index is 1.59. The Morgan fingerprint density at radius 3 is 1.14 bits per heavy atom. The third kappa shape index (κ3) is 22.4. The number of aliphatic carboxylic acids is 2. The number of carboxylic acids is 2. The molecule has 0 aliphatic carbocycles. The van der Waals surface area contributed by atoms with Gasteiger partial charge in [0.05, 0.1) is 19.8 Å². The molecule has 0 amide bonds. The highest BCUT2D eigenvalue weighted by atomic mass is 32.3. The molecule has 20 N–H and O–H groups in total. The Morgan fingerprint density at radius 1 is 0.333 bits per heavy atom. The molecule has 5 aliphatic rings. The van der Waals surface area contributed by atoms with Crippen molar-refractivity contribution in [3.05, 3.63) is 0 Å². The molecule has 5 fully saturated rings. The highest BCUT2D eigenvalue weighted by Gasteiger charge is 2.61. The Kier molecular flexibility index (Phi) is 25.4. The van der Waals surface area contributed by atoms with E-state index in [4.69, 9.17) is 51.7 Å². The molecule has 0 bridgehead atoms. The first kappa shape index (κ1) is 78.0. The summed E-state index contributed by atoms with van der Waals surface area (Å²) in [6.45, 7) is -5.16. The summed E-state index contributed by atoms with van der Waals surface area (Å²) < 4.78 is 339. The SMILES string of the molecule is O=C(O)[C@H]1O[C@@H](O[C@H]2[C@H](OS(=O)(=O)O)[C@@H](NS(=O)(=O)O)[C@H](O[C@H]3[C@H](O)[C@@H](OS(=O)(=O)O)[C@H](O[C@H]4[C@H](O)[C@@H](NS(=O)(=O)O)[C@@H](O)O[C@@H]4COS(=O)(=O)O)O[C@H]3C(=O)O)O[C@@H]2COS(=O)(=O)O)[C@H](O)[C@@H](O)[C@@H]1O[C@H]1O[C@H](COS(=O)(=O)O)[C@@H](O)[C@H](O)[C@H]1NS(=O)(=O)O. The molecule has 60 heteroatoms. The van der Waals surface area contributed by atoms with E-state index in [2.05, 4.69) is 20.9 Å². The largest absolute Gasteiger partial charge is 0.479 e. The lowest BCUT2D eigenvalue weighted by atomic mass is 9.94. The van der Waals surface area contributed by atoms with E-state index in [1.165, 1.54) is 9.44 Å². The van der Waals surface area contributed by atoms with Gasteiger partial charge in [-0.1, -0.05) is 0 Å². The predicted molar refractivity (Wildman–Crippen MR) is 257 cm³/mol. The molecule has 90 heavy (non-hydrogen) atoms. The highest BCUT2D eigenvalue weighted by Crippen LogP contribution is 2.38. The van der Waals surface area contributed by atoms with Gasteiger partial charge in [-0.3, -0.25) is 36.4 Å². The first-order chi connectivity index (χ1) is 40.6. The molecule has 25 atom stereocenters. The van der Waals surface area contributed by atoms with Crippen LogP contribution in [0.15, 0.2) is 0 Å². The topological polar surface area (TPSA) is 816 Å². The maximum absolute atomic E-state index is 12.9. The number of ether oxygens (including phenoxy) is 9. The van der Waals surface area contributed by atoms with Gasteiger partial charge in [-0.15, -0.1) is 0 Å². The fraction of sp³-hybridized carbons (Fsp3) is 0.933. The minimum Gasteiger partial charge on any atom is -0.479 e. The standard InChI is InChI=1S/C30H51N3O49S8/c34-10-4(1-69-86(54,55)56)73-27(8(11(10)35)32-84(48,49)50)77-19-13(37)14(38)29(79-22(19)24(40)41)76-17-6(3-71-88(60,61)62)74-28(9(33-85(51,52)53)18(17)81-89(63,64)65)78-20-15(39)21(82-90(66,67)68)30(80-23(20)25(42)43)75-16-5(2-70-87(57,58)59)72-26(44)7(12(16)36)31-83(45,46)47/h4-23,26-39,44H,1-3H2,(H,40,41)(H,42,43)(H,45,46,47)(H,48,49,50)(H,51,52,53)(H,54,55,56)(H,57,58,59)(H,60,61,62)(H,63,64,65)(H,66,67,68)/t4-,5-,6-,7-,8-,9-,10-,11-,12-,13-,14-,15+,16-,17-,18-,19+,20+,21-,22+,23-,26+,27-,28+,29-,30-/m1/s1.